The molecule has 4 heteroatoms. The molecular formula is C25H30N2O2. The number of piperidine rings is 1. The van der Waals surface area contributed by atoms with Crippen LogP contribution in [0.2, 0.25) is 0 Å². The molecule has 4 nitrogen and oxygen atoms in total. The van der Waals surface area contributed by atoms with E-state index in [1.54, 1.807) is 0 Å². The van der Waals surface area contributed by atoms with Crippen molar-refractivity contribution in [2.75, 3.05) is 13.1 Å². The van der Waals surface area contributed by atoms with E-state index < -0.39 is 0 Å². The zero-order valence-electron chi connectivity index (χ0n) is 17.0. The van der Waals surface area contributed by atoms with Gasteiger partial charge in [0.15, 0.2) is 0 Å². The molecule has 0 atom stereocenters. The highest BCUT2D eigenvalue weighted by atomic mass is 16.2. The molecule has 1 heterocycles. The van der Waals surface area contributed by atoms with Gasteiger partial charge in [-0.3, -0.25) is 9.59 Å². The Morgan fingerprint density at radius 3 is 2.14 bits per heavy atom. The summed E-state index contributed by atoms with van der Waals surface area (Å²) in [7, 11) is 0. The molecule has 2 fully saturated rings. The van der Waals surface area contributed by atoms with Crippen LogP contribution in [0.1, 0.15) is 49.7 Å². The number of amides is 2. The molecule has 2 amide bonds. The summed E-state index contributed by atoms with van der Waals surface area (Å²) in [6.07, 6.45) is 5.98. The van der Waals surface area contributed by atoms with E-state index in [2.05, 4.69) is 29.6 Å². The predicted octanol–water partition coefficient (Wildman–Crippen LogP) is 3.85. The third-order valence-corrected chi connectivity index (χ3v) is 6.57. The Kier molecular flexibility index (Phi) is 5.98. The van der Waals surface area contributed by atoms with E-state index in [9.17, 15) is 9.59 Å². The van der Waals surface area contributed by atoms with Crippen molar-refractivity contribution in [1.82, 2.24) is 10.2 Å². The van der Waals surface area contributed by atoms with Gasteiger partial charge >= 0.3 is 0 Å². The molecule has 0 aromatic heterocycles. The lowest BCUT2D eigenvalue weighted by Gasteiger charge is -2.45. The molecule has 1 N–H and O–H groups in total. The molecule has 1 saturated carbocycles. The summed E-state index contributed by atoms with van der Waals surface area (Å²) >= 11 is 0. The van der Waals surface area contributed by atoms with Crippen LogP contribution >= 0.6 is 0 Å². The minimum atomic E-state index is -0.312. The van der Waals surface area contributed by atoms with E-state index >= 15 is 0 Å². The smallest absolute Gasteiger partial charge is 0.233 e. The van der Waals surface area contributed by atoms with Crippen LogP contribution in [-0.2, 0) is 21.4 Å². The molecule has 1 saturated heterocycles. The SMILES string of the molecule is O=C(CCc1ccccc1)NC1CCN(C(=O)C2(c3ccccc3)CCC2)CC1. The Labute approximate surface area is 173 Å². The molecule has 0 radical (unpaired) electrons. The Morgan fingerprint density at radius 2 is 1.55 bits per heavy atom. The van der Waals surface area contributed by atoms with Crippen molar-refractivity contribution in [1.29, 1.82) is 0 Å². The molecule has 2 aromatic carbocycles. The lowest BCUT2D eigenvalue weighted by Crippen LogP contribution is -2.55. The van der Waals surface area contributed by atoms with Gasteiger partial charge < -0.3 is 10.2 Å². The monoisotopic (exact) mass is 390 g/mol. The van der Waals surface area contributed by atoms with Crippen molar-refractivity contribution in [2.24, 2.45) is 0 Å². The molecular weight excluding hydrogens is 360 g/mol. The zero-order valence-corrected chi connectivity index (χ0v) is 17.0. The van der Waals surface area contributed by atoms with Gasteiger partial charge in [0.1, 0.15) is 0 Å². The minimum absolute atomic E-state index is 0.110. The highest BCUT2D eigenvalue weighted by molar-refractivity contribution is 5.89. The molecule has 29 heavy (non-hydrogen) atoms. The van der Waals surface area contributed by atoms with Crippen LogP contribution in [-0.4, -0.2) is 35.8 Å². The minimum Gasteiger partial charge on any atom is -0.353 e. The van der Waals surface area contributed by atoms with Crippen LogP contribution < -0.4 is 5.32 Å². The van der Waals surface area contributed by atoms with E-state index in [0.717, 1.165) is 57.2 Å². The first-order valence-corrected chi connectivity index (χ1v) is 10.9. The van der Waals surface area contributed by atoms with Crippen molar-refractivity contribution in [3.8, 4) is 0 Å². The van der Waals surface area contributed by atoms with E-state index in [0.29, 0.717) is 6.42 Å². The van der Waals surface area contributed by atoms with Gasteiger partial charge in [0, 0.05) is 25.6 Å². The van der Waals surface area contributed by atoms with Crippen molar-refractivity contribution in [2.45, 2.75) is 56.4 Å². The first kappa shape index (κ1) is 19.7. The largest absolute Gasteiger partial charge is 0.353 e. The standard InChI is InChI=1S/C25H30N2O2/c28-23(13-12-20-8-3-1-4-9-20)26-22-14-18-27(19-15-22)24(29)25(16-7-17-25)21-10-5-2-6-11-21/h1-6,8-11,22H,7,12-19H2,(H,26,28). The lowest BCUT2D eigenvalue weighted by atomic mass is 9.63. The van der Waals surface area contributed by atoms with Crippen LogP contribution in [0.15, 0.2) is 60.7 Å². The number of likely N-dealkylation sites (tertiary alicyclic amines) is 1. The molecule has 0 unspecified atom stereocenters. The number of nitrogens with zero attached hydrogens (tertiary/aromatic N) is 1. The van der Waals surface area contributed by atoms with Crippen LogP contribution in [0.3, 0.4) is 0 Å². The molecule has 152 valence electrons. The van der Waals surface area contributed by atoms with Gasteiger partial charge in [-0.15, -0.1) is 0 Å². The fourth-order valence-corrected chi connectivity index (χ4v) is 4.65. The van der Waals surface area contributed by atoms with Crippen molar-refractivity contribution < 1.29 is 9.59 Å². The van der Waals surface area contributed by atoms with Crippen LogP contribution in [0.5, 0.6) is 0 Å². The Morgan fingerprint density at radius 1 is 0.931 bits per heavy atom. The maximum absolute atomic E-state index is 13.3. The van der Waals surface area contributed by atoms with Crippen molar-refractivity contribution >= 4 is 11.8 Å². The summed E-state index contributed by atoms with van der Waals surface area (Å²) in [6.45, 7) is 1.47. The molecule has 0 bridgehead atoms. The number of aryl methyl sites for hydroxylation is 1. The number of hydrogen-bond acceptors (Lipinski definition) is 2. The summed E-state index contributed by atoms with van der Waals surface area (Å²) < 4.78 is 0. The molecule has 4 rings (SSSR count). The van der Waals surface area contributed by atoms with E-state index in [4.69, 9.17) is 0 Å². The van der Waals surface area contributed by atoms with Gasteiger partial charge in [0.05, 0.1) is 5.41 Å². The number of rotatable bonds is 6. The van der Waals surface area contributed by atoms with E-state index in [1.165, 1.54) is 5.56 Å². The third kappa shape index (κ3) is 4.36. The molecule has 1 aliphatic carbocycles. The first-order valence-electron chi connectivity index (χ1n) is 10.9. The number of benzene rings is 2. The van der Waals surface area contributed by atoms with Gasteiger partial charge in [0.2, 0.25) is 11.8 Å². The number of hydrogen-bond donors (Lipinski definition) is 1. The highest BCUT2D eigenvalue weighted by Crippen LogP contribution is 2.45. The summed E-state index contributed by atoms with van der Waals surface area (Å²) in [5, 5.41) is 3.17. The molecule has 2 aliphatic rings. The van der Waals surface area contributed by atoms with Crippen LogP contribution in [0.25, 0.3) is 0 Å². The van der Waals surface area contributed by atoms with Gasteiger partial charge in [-0.2, -0.15) is 0 Å². The van der Waals surface area contributed by atoms with Gasteiger partial charge in [-0.05, 0) is 43.2 Å². The Bertz CT molecular complexity index is 822. The summed E-state index contributed by atoms with van der Waals surface area (Å²) in [6, 6.07) is 20.5. The first-order chi connectivity index (χ1) is 14.2. The number of carbonyl (C=O) groups excluding carboxylic acids is 2. The fourth-order valence-electron chi connectivity index (χ4n) is 4.65. The maximum atomic E-state index is 13.3. The van der Waals surface area contributed by atoms with Crippen molar-refractivity contribution in [3.05, 3.63) is 71.8 Å². The zero-order chi connectivity index (χ0) is 20.1. The van der Waals surface area contributed by atoms with E-state index in [-0.39, 0.29) is 23.3 Å². The summed E-state index contributed by atoms with van der Waals surface area (Å²) in [4.78, 5) is 27.7. The fraction of sp³-hybridized carbons (Fsp3) is 0.440. The quantitative estimate of drug-likeness (QED) is 0.815. The summed E-state index contributed by atoms with van der Waals surface area (Å²) in [5.41, 5.74) is 2.04. The van der Waals surface area contributed by atoms with Crippen LogP contribution in [0.4, 0.5) is 0 Å². The summed E-state index contributed by atoms with van der Waals surface area (Å²) in [5.74, 6) is 0.391. The average molecular weight is 391 g/mol. The third-order valence-electron chi connectivity index (χ3n) is 6.57. The van der Waals surface area contributed by atoms with E-state index in [1.807, 2.05) is 41.3 Å². The Hall–Kier alpha value is -2.62. The molecule has 1 aliphatic heterocycles. The van der Waals surface area contributed by atoms with Gasteiger partial charge in [0.25, 0.3) is 0 Å². The number of carbonyl (C=O) groups is 2. The maximum Gasteiger partial charge on any atom is 0.233 e. The molecule has 2 aromatic rings. The van der Waals surface area contributed by atoms with Gasteiger partial charge in [-0.1, -0.05) is 67.1 Å². The van der Waals surface area contributed by atoms with Crippen LogP contribution in [0, 0.1) is 0 Å². The lowest BCUT2D eigenvalue weighted by molar-refractivity contribution is -0.142. The number of nitrogens with one attached hydrogen (secondary N) is 1. The van der Waals surface area contributed by atoms with Gasteiger partial charge in [-0.25, -0.2) is 0 Å². The second-order valence-electron chi connectivity index (χ2n) is 8.42. The predicted molar refractivity (Wildman–Crippen MR) is 114 cm³/mol. The van der Waals surface area contributed by atoms with Crippen molar-refractivity contribution in [3.63, 3.8) is 0 Å². The second kappa shape index (κ2) is 8.81. The Balaban J connectivity index is 1.27. The second-order valence-corrected chi connectivity index (χ2v) is 8.42. The molecule has 0 spiro atoms. The highest BCUT2D eigenvalue weighted by Gasteiger charge is 2.47. The topological polar surface area (TPSA) is 49.4 Å². The normalized spacial score (nSPS) is 18.7. The average Bonchev–Trinajstić information content (AvgIpc) is 2.73.